The summed E-state index contributed by atoms with van der Waals surface area (Å²) in [4.78, 5) is 8.89. The topological polar surface area (TPSA) is 183 Å². The van der Waals surface area contributed by atoms with Gasteiger partial charge in [-0.25, -0.2) is 0 Å². The Morgan fingerprint density at radius 2 is 0.619 bits per heavy atom. The standard InChI is InChI=1S/C2H4O2.6CN.Fe.4K/c1-2(3)4;6*1-2;;;;;/h1H3,(H,3,4);;;;;;;;;;;/q;6*-1;+3;4*+1/p-1. The first kappa shape index (κ1) is 86.7. The second-order valence-electron chi connectivity index (χ2n) is 0.492. The van der Waals surface area contributed by atoms with Crippen LogP contribution in [0.5, 0.6) is 0 Å². The predicted molar refractivity (Wildman–Crippen MR) is 40.5 cm³/mol. The summed E-state index contributed by atoms with van der Waals surface area (Å²) in [6, 6.07) is 0. The molecule has 89 valence electrons. The van der Waals surface area contributed by atoms with E-state index in [1.165, 1.54) is 0 Å². The first-order chi connectivity index (χ1) is 7.73. The van der Waals surface area contributed by atoms with E-state index in [-0.39, 0.29) is 223 Å². The van der Waals surface area contributed by atoms with E-state index in [2.05, 4.69) is 0 Å². The molecule has 8 nitrogen and oxygen atoms in total. The molecule has 0 bridgehead atoms. The van der Waals surface area contributed by atoms with Crippen LogP contribution in [0, 0.1) is 71.0 Å². The van der Waals surface area contributed by atoms with Gasteiger partial charge in [-0.15, -0.1) is 0 Å². The second-order valence-corrected chi connectivity index (χ2v) is 0.492. The molecule has 13 heteroatoms. The third-order valence-electron chi connectivity index (χ3n) is 0. The molecule has 0 aliphatic rings. The van der Waals surface area contributed by atoms with E-state index in [1.54, 1.807) is 0 Å². The summed E-state index contributed by atoms with van der Waals surface area (Å²) >= 11 is 0. The fourth-order valence-electron chi connectivity index (χ4n) is 0. The van der Waals surface area contributed by atoms with Crippen LogP contribution >= 0.6 is 0 Å². The van der Waals surface area contributed by atoms with Gasteiger partial charge in [-0.05, 0) is 6.92 Å². The monoisotopic (exact) mass is 427 g/mol. The molecule has 21 heavy (non-hydrogen) atoms. The van der Waals surface area contributed by atoms with E-state index in [1.807, 2.05) is 0 Å². The molecular weight excluding hydrogens is 424 g/mol. The minimum absolute atomic E-state index is 0. The van der Waals surface area contributed by atoms with E-state index in [4.69, 9.17) is 80.9 Å². The Morgan fingerprint density at radius 3 is 0.619 bits per heavy atom. The molecule has 0 spiro atoms. The van der Waals surface area contributed by atoms with Gasteiger partial charge in [0, 0.05) is 5.97 Å². The van der Waals surface area contributed by atoms with Crippen LogP contribution in [0.1, 0.15) is 6.92 Å². The van der Waals surface area contributed by atoms with Crippen molar-refractivity contribution in [3.8, 4) is 0 Å². The van der Waals surface area contributed by atoms with Crippen molar-refractivity contribution in [3.63, 3.8) is 0 Å². The van der Waals surface area contributed by atoms with Crippen LogP contribution in [0.4, 0.5) is 0 Å². The molecule has 0 aromatic carbocycles. The quantitative estimate of drug-likeness (QED) is 0.269. The van der Waals surface area contributed by atoms with Crippen molar-refractivity contribution in [3.05, 3.63) is 39.4 Å². The Hall–Kier alpha value is 3.47. The number of carboxylic acids is 1. The van der Waals surface area contributed by atoms with Crippen molar-refractivity contribution in [1.29, 1.82) is 31.6 Å². The summed E-state index contributed by atoms with van der Waals surface area (Å²) in [5, 5.41) is 46.4. The van der Waals surface area contributed by atoms with Gasteiger partial charge in [0.1, 0.15) is 0 Å². The first-order valence-corrected chi connectivity index (χ1v) is 2.25. The molecule has 0 aliphatic carbocycles. The zero-order valence-corrected chi connectivity index (χ0v) is 25.9. The Kier molecular flexibility index (Phi) is 1170. The molecule has 0 fully saturated rings. The van der Waals surface area contributed by atoms with Gasteiger partial charge in [0.05, 0.1) is 0 Å². The molecule has 0 saturated heterocycles. The van der Waals surface area contributed by atoms with Gasteiger partial charge >= 0.3 is 223 Å². The molecule has 0 heterocycles. The maximum Gasteiger partial charge on any atom is 3.00 e. The van der Waals surface area contributed by atoms with Crippen molar-refractivity contribution in [2.75, 3.05) is 0 Å². The Morgan fingerprint density at radius 1 is 0.619 bits per heavy atom. The van der Waals surface area contributed by atoms with Crippen molar-refractivity contribution in [1.82, 2.24) is 0 Å². The van der Waals surface area contributed by atoms with E-state index in [0.29, 0.717) is 0 Å². The van der Waals surface area contributed by atoms with Gasteiger partial charge in [-0.3, -0.25) is 0 Å². The molecule has 0 aliphatic heterocycles. The number of carbonyl (C=O) groups excluding carboxylic acids is 1. The Balaban J connectivity index is -0.00000000443. The third-order valence-corrected chi connectivity index (χ3v) is 0. The molecule has 0 aromatic rings. The smallest absolute Gasteiger partial charge is 0.550 e. The molecule has 1 radical (unpaired) electrons. The largest absolute Gasteiger partial charge is 3.00 e. The van der Waals surface area contributed by atoms with Crippen LogP contribution in [-0.4, -0.2) is 5.97 Å². The first-order valence-electron chi connectivity index (χ1n) is 2.25. The minimum Gasteiger partial charge on any atom is -0.550 e. The summed E-state index contributed by atoms with van der Waals surface area (Å²) in [6.45, 7) is 29.5. The zero-order chi connectivity index (χ0) is 15.6. The van der Waals surface area contributed by atoms with Crippen LogP contribution in [0.15, 0.2) is 0 Å². The number of carboxylic acid groups (broad SMARTS) is 1. The van der Waals surface area contributed by atoms with Gasteiger partial charge in [-0.1, -0.05) is 0 Å². The normalized spacial score (nSPS) is 1.76. The van der Waals surface area contributed by atoms with Crippen LogP contribution in [-0.2, 0) is 21.9 Å². The van der Waals surface area contributed by atoms with Crippen LogP contribution in [0.3, 0.4) is 0 Å². The van der Waals surface area contributed by atoms with Crippen molar-refractivity contribution in [2.45, 2.75) is 6.92 Å². The third kappa shape index (κ3) is 897. The van der Waals surface area contributed by atoms with E-state index < -0.39 is 5.97 Å². The van der Waals surface area contributed by atoms with Gasteiger partial charge < -0.3 is 80.9 Å². The molecule has 0 aromatic heterocycles. The average Bonchev–Trinajstić information content (AvgIpc) is 2.42. The molecule has 0 rings (SSSR count). The maximum atomic E-state index is 8.89. The Bertz CT molecular complexity index is 180. The van der Waals surface area contributed by atoms with Gasteiger partial charge in [0.25, 0.3) is 0 Å². The van der Waals surface area contributed by atoms with Gasteiger partial charge in [-0.2, -0.15) is 0 Å². The molecule has 0 unspecified atom stereocenters. The number of hydrogen-bond donors (Lipinski definition) is 0. The second kappa shape index (κ2) is 283. The van der Waals surface area contributed by atoms with E-state index in [0.717, 1.165) is 6.92 Å². The number of rotatable bonds is 0. The molecule has 0 N–H and O–H groups in total. The van der Waals surface area contributed by atoms with Crippen LogP contribution in [0.2, 0.25) is 0 Å². The van der Waals surface area contributed by atoms with Crippen molar-refractivity contribution < 1.29 is 233 Å². The summed E-state index contributed by atoms with van der Waals surface area (Å²) in [6.07, 6.45) is 0. The van der Waals surface area contributed by atoms with Crippen LogP contribution in [0.25, 0.3) is 0 Å². The predicted octanol–water partition coefficient (Wildman–Crippen LogP) is -12.7. The van der Waals surface area contributed by atoms with E-state index >= 15 is 0 Å². The summed E-state index contributed by atoms with van der Waals surface area (Å²) in [7, 11) is 0. The molecular formula is C8H3FeK4N6O2. The zero-order valence-electron chi connectivity index (χ0n) is 12.4. The molecule has 0 saturated carbocycles. The number of nitrogens with zero attached hydrogens (tertiary/aromatic N) is 6. The summed E-state index contributed by atoms with van der Waals surface area (Å²) in [5.41, 5.74) is 0. The number of hydrogen-bond acceptors (Lipinski definition) is 8. The SMILES string of the molecule is CC(=O)[O-].[C-]#N.[C-]#N.[C-]#N.[C-]#N.[C-]#N.[C-]#N.[Fe+3].[K+].[K+].[K+].[K+]. The average molecular weight is 427 g/mol. The fourth-order valence-corrected chi connectivity index (χ4v) is 0. The summed E-state index contributed by atoms with van der Waals surface area (Å²) in [5.74, 6) is -1.08. The van der Waals surface area contributed by atoms with Gasteiger partial charge in [0.2, 0.25) is 0 Å². The molecule has 0 atom stereocenters. The number of carbonyl (C=O) groups is 1. The Labute approximate surface area is 307 Å². The van der Waals surface area contributed by atoms with Crippen molar-refractivity contribution in [2.24, 2.45) is 0 Å². The van der Waals surface area contributed by atoms with Crippen LogP contribution < -0.4 is 211 Å². The molecule has 0 amide bonds. The maximum absolute atomic E-state index is 8.89. The minimum atomic E-state index is -1.08. The van der Waals surface area contributed by atoms with Crippen molar-refractivity contribution >= 4 is 5.97 Å². The fraction of sp³-hybridized carbons (Fsp3) is 0.125. The van der Waals surface area contributed by atoms with Gasteiger partial charge in [0.15, 0.2) is 0 Å². The summed E-state index contributed by atoms with van der Waals surface area (Å²) < 4.78 is 0. The number of aliphatic carboxylic acids is 1. The van der Waals surface area contributed by atoms with E-state index in [9.17, 15) is 0 Å².